The lowest BCUT2D eigenvalue weighted by molar-refractivity contribution is 0.553. The van der Waals surface area contributed by atoms with Gasteiger partial charge in [0.05, 0.1) is 0 Å². The number of benzene rings is 1. The van der Waals surface area contributed by atoms with E-state index in [1.165, 1.54) is 35.3 Å². The van der Waals surface area contributed by atoms with Gasteiger partial charge in [0, 0.05) is 15.8 Å². The van der Waals surface area contributed by atoms with E-state index < -0.39 is 0 Å². The molecule has 1 aromatic carbocycles. The molecule has 1 heterocycles. The molecule has 3 rings (SSSR count). The quantitative estimate of drug-likeness (QED) is 0.852. The lowest BCUT2D eigenvalue weighted by atomic mass is 9.99. The Morgan fingerprint density at radius 2 is 2.14 bits per heavy atom. The van der Waals surface area contributed by atoms with Crippen LogP contribution >= 0.6 is 11.3 Å². The molecular weight excluding hydrogens is 281 g/mol. The Morgan fingerprint density at radius 1 is 1.29 bits per heavy atom. The van der Waals surface area contributed by atoms with Crippen molar-refractivity contribution in [3.05, 3.63) is 56.5 Å². The van der Waals surface area contributed by atoms with Gasteiger partial charge in [0.1, 0.15) is 5.82 Å². The van der Waals surface area contributed by atoms with Crippen LogP contribution in [0.3, 0.4) is 0 Å². The predicted molar refractivity (Wildman–Crippen MR) is 87.6 cm³/mol. The summed E-state index contributed by atoms with van der Waals surface area (Å²) in [5.41, 5.74) is 3.81. The third kappa shape index (κ3) is 3.19. The second-order valence-electron chi connectivity index (χ2n) is 5.84. The van der Waals surface area contributed by atoms with E-state index in [9.17, 15) is 4.39 Å². The molecule has 0 bridgehead atoms. The first-order valence-electron chi connectivity index (χ1n) is 7.77. The highest BCUT2D eigenvalue weighted by Gasteiger charge is 2.20. The van der Waals surface area contributed by atoms with Crippen molar-refractivity contribution in [3.8, 4) is 0 Å². The van der Waals surface area contributed by atoms with Crippen molar-refractivity contribution in [2.45, 2.75) is 45.6 Å². The number of thiophene rings is 1. The Morgan fingerprint density at radius 3 is 2.90 bits per heavy atom. The summed E-state index contributed by atoms with van der Waals surface area (Å²) in [5, 5.41) is 3.57. The lowest BCUT2D eigenvalue weighted by Crippen LogP contribution is -2.22. The highest BCUT2D eigenvalue weighted by molar-refractivity contribution is 7.12. The molecule has 0 fully saturated rings. The smallest absolute Gasteiger partial charge is 0.123 e. The molecule has 1 aliphatic carbocycles. The maximum absolute atomic E-state index is 13.5. The molecule has 1 unspecified atom stereocenters. The monoisotopic (exact) mass is 303 g/mol. The zero-order chi connectivity index (χ0) is 14.8. The van der Waals surface area contributed by atoms with Crippen molar-refractivity contribution >= 4 is 11.3 Å². The fraction of sp³-hybridized carbons (Fsp3) is 0.444. The van der Waals surface area contributed by atoms with Gasteiger partial charge in [-0.2, -0.15) is 0 Å². The van der Waals surface area contributed by atoms with Crippen LogP contribution < -0.4 is 5.32 Å². The second kappa shape index (κ2) is 6.29. The highest BCUT2D eigenvalue weighted by Crippen LogP contribution is 2.35. The topological polar surface area (TPSA) is 12.0 Å². The van der Waals surface area contributed by atoms with E-state index in [4.69, 9.17) is 0 Å². The summed E-state index contributed by atoms with van der Waals surface area (Å²) in [6.07, 6.45) is 4.62. The van der Waals surface area contributed by atoms with Gasteiger partial charge in [-0.15, -0.1) is 11.3 Å². The van der Waals surface area contributed by atoms with E-state index in [0.717, 1.165) is 18.5 Å². The van der Waals surface area contributed by atoms with Crippen LogP contribution in [0.25, 0.3) is 0 Å². The minimum Gasteiger partial charge on any atom is -0.309 e. The number of nitrogens with one attached hydrogen (secondary N) is 1. The molecule has 112 valence electrons. The number of likely N-dealkylation sites (N-methyl/N-ethyl adjacent to an activating group) is 1. The fourth-order valence-corrected chi connectivity index (χ4v) is 4.46. The molecule has 0 amide bonds. The number of fused-ring (bicyclic) bond motifs is 1. The van der Waals surface area contributed by atoms with Crippen molar-refractivity contribution in [2.24, 2.45) is 0 Å². The molecule has 2 aromatic rings. The third-order valence-electron chi connectivity index (χ3n) is 4.29. The summed E-state index contributed by atoms with van der Waals surface area (Å²) < 4.78 is 13.5. The Balaban J connectivity index is 1.85. The predicted octanol–water partition coefficient (Wildman–Crippen LogP) is 4.58. The lowest BCUT2D eigenvalue weighted by Gasteiger charge is -2.18. The van der Waals surface area contributed by atoms with E-state index in [1.54, 1.807) is 17.0 Å². The SMILES string of the molecule is CCNC(Cc1cc(F)ccc1C)c1cc2c(s1)CCC2. The van der Waals surface area contributed by atoms with Crippen molar-refractivity contribution in [1.29, 1.82) is 0 Å². The van der Waals surface area contributed by atoms with E-state index >= 15 is 0 Å². The summed E-state index contributed by atoms with van der Waals surface area (Å²) >= 11 is 1.94. The molecule has 0 radical (unpaired) electrons. The maximum atomic E-state index is 13.5. The normalized spacial score (nSPS) is 15.2. The van der Waals surface area contributed by atoms with Crippen LogP contribution in [0.15, 0.2) is 24.3 Å². The number of rotatable bonds is 5. The molecule has 1 nitrogen and oxygen atoms in total. The van der Waals surface area contributed by atoms with Gasteiger partial charge >= 0.3 is 0 Å². The minimum atomic E-state index is -0.139. The molecule has 0 aliphatic heterocycles. The molecule has 0 saturated carbocycles. The molecule has 1 N–H and O–H groups in total. The summed E-state index contributed by atoms with van der Waals surface area (Å²) in [5.74, 6) is -0.139. The van der Waals surface area contributed by atoms with Crippen LogP contribution in [-0.4, -0.2) is 6.54 Å². The zero-order valence-corrected chi connectivity index (χ0v) is 13.5. The van der Waals surface area contributed by atoms with E-state index in [2.05, 4.69) is 25.2 Å². The standard InChI is InChI=1S/C18H22FNS/c1-3-20-16(10-14-9-15(19)8-7-12(14)2)18-11-13-5-4-6-17(13)21-18/h7-9,11,16,20H,3-6,10H2,1-2H3. The van der Waals surface area contributed by atoms with Gasteiger partial charge in [-0.05, 0) is 74.0 Å². The summed E-state index contributed by atoms with van der Waals surface area (Å²) in [6, 6.07) is 7.77. The number of aryl methyl sites for hydroxylation is 3. The van der Waals surface area contributed by atoms with Gasteiger partial charge in [0.25, 0.3) is 0 Å². The van der Waals surface area contributed by atoms with Crippen molar-refractivity contribution in [2.75, 3.05) is 6.54 Å². The van der Waals surface area contributed by atoms with Crippen molar-refractivity contribution in [1.82, 2.24) is 5.32 Å². The second-order valence-corrected chi connectivity index (χ2v) is 7.00. The van der Waals surface area contributed by atoms with E-state index in [0.29, 0.717) is 6.04 Å². The van der Waals surface area contributed by atoms with Gasteiger partial charge in [-0.25, -0.2) is 4.39 Å². The van der Waals surface area contributed by atoms with Crippen LogP contribution in [0.4, 0.5) is 4.39 Å². The number of hydrogen-bond donors (Lipinski definition) is 1. The Bertz CT molecular complexity index is 611. The number of hydrogen-bond acceptors (Lipinski definition) is 2. The van der Waals surface area contributed by atoms with Crippen molar-refractivity contribution in [3.63, 3.8) is 0 Å². The van der Waals surface area contributed by atoms with Gasteiger partial charge < -0.3 is 5.32 Å². The fourth-order valence-electron chi connectivity index (χ4n) is 3.12. The van der Waals surface area contributed by atoms with E-state index in [-0.39, 0.29) is 5.82 Å². The van der Waals surface area contributed by atoms with Crippen LogP contribution in [0.2, 0.25) is 0 Å². The van der Waals surface area contributed by atoms with Crippen LogP contribution in [0.5, 0.6) is 0 Å². The molecule has 1 aromatic heterocycles. The molecule has 0 saturated heterocycles. The molecule has 1 atom stereocenters. The number of halogens is 1. The average molecular weight is 303 g/mol. The van der Waals surface area contributed by atoms with E-state index in [1.807, 2.05) is 17.4 Å². The third-order valence-corrected chi connectivity index (χ3v) is 5.65. The molecular formula is C18H22FNS. The zero-order valence-electron chi connectivity index (χ0n) is 12.7. The molecule has 21 heavy (non-hydrogen) atoms. The van der Waals surface area contributed by atoms with Crippen LogP contribution in [0, 0.1) is 12.7 Å². The van der Waals surface area contributed by atoms with Crippen molar-refractivity contribution < 1.29 is 4.39 Å². The van der Waals surface area contributed by atoms with Crippen LogP contribution in [-0.2, 0) is 19.3 Å². The average Bonchev–Trinajstić information content (AvgIpc) is 3.03. The molecule has 3 heteroatoms. The Hall–Kier alpha value is -1.19. The first-order chi connectivity index (χ1) is 10.2. The van der Waals surface area contributed by atoms with Gasteiger partial charge in [-0.1, -0.05) is 13.0 Å². The highest BCUT2D eigenvalue weighted by atomic mass is 32.1. The maximum Gasteiger partial charge on any atom is 0.123 e. The minimum absolute atomic E-state index is 0.139. The summed E-state index contributed by atoms with van der Waals surface area (Å²) in [4.78, 5) is 2.97. The molecule has 0 spiro atoms. The first-order valence-corrected chi connectivity index (χ1v) is 8.59. The summed E-state index contributed by atoms with van der Waals surface area (Å²) in [6.45, 7) is 5.13. The van der Waals surface area contributed by atoms with Crippen LogP contribution in [0.1, 0.15) is 45.8 Å². The van der Waals surface area contributed by atoms with Gasteiger partial charge in [-0.3, -0.25) is 0 Å². The Kier molecular flexibility index (Phi) is 4.41. The largest absolute Gasteiger partial charge is 0.309 e. The van der Waals surface area contributed by atoms with Gasteiger partial charge in [0.2, 0.25) is 0 Å². The first kappa shape index (κ1) is 14.7. The Labute approximate surface area is 130 Å². The van der Waals surface area contributed by atoms with Gasteiger partial charge in [0.15, 0.2) is 0 Å². The molecule has 1 aliphatic rings. The summed E-state index contributed by atoms with van der Waals surface area (Å²) in [7, 11) is 0.